The number of hydrogen-bond donors (Lipinski definition) is 4. The molecule has 3 aromatic rings. The number of carbonyl (C=O) groups excluding carboxylic acids is 3. The van der Waals surface area contributed by atoms with Gasteiger partial charge in [-0.25, -0.2) is 4.98 Å². The number of nitrogens with zero attached hydrogens (tertiary/aromatic N) is 1. The number of likely N-dealkylation sites (N-methyl/N-ethyl adjacent to an activating group) is 1. The molecule has 4 N–H and O–H groups in total. The molecular formula is C34H44ClN5O4. The third-order valence-corrected chi connectivity index (χ3v) is 9.67. The Labute approximate surface area is 264 Å². The lowest BCUT2D eigenvalue weighted by Gasteiger charge is -2.36. The van der Waals surface area contributed by atoms with Gasteiger partial charge >= 0.3 is 0 Å². The summed E-state index contributed by atoms with van der Waals surface area (Å²) in [7, 11) is 0. The van der Waals surface area contributed by atoms with Crippen molar-refractivity contribution in [1.82, 2.24) is 25.9 Å². The Balaban J connectivity index is 1.50. The van der Waals surface area contributed by atoms with Crippen molar-refractivity contribution in [2.75, 3.05) is 19.8 Å². The van der Waals surface area contributed by atoms with E-state index in [1.165, 1.54) is 0 Å². The molecular weight excluding hydrogens is 578 g/mol. The summed E-state index contributed by atoms with van der Waals surface area (Å²) in [5, 5.41) is 9.85. The molecule has 5 rings (SSSR count). The molecule has 1 aromatic heterocycles. The van der Waals surface area contributed by atoms with Crippen LogP contribution in [0.25, 0.3) is 11.0 Å². The zero-order valence-corrected chi connectivity index (χ0v) is 26.8. The van der Waals surface area contributed by atoms with E-state index in [0.717, 1.165) is 41.4 Å². The zero-order valence-electron chi connectivity index (χ0n) is 26.0. The summed E-state index contributed by atoms with van der Waals surface area (Å²) >= 11 is 6.67. The molecule has 2 heterocycles. The van der Waals surface area contributed by atoms with Crippen molar-refractivity contribution >= 4 is 40.4 Å². The number of aromatic nitrogens is 2. The number of amides is 3. The fourth-order valence-electron chi connectivity index (χ4n) is 6.58. The Morgan fingerprint density at radius 1 is 1.11 bits per heavy atom. The van der Waals surface area contributed by atoms with Gasteiger partial charge < -0.3 is 25.7 Å². The molecule has 9 nitrogen and oxygen atoms in total. The molecule has 2 fully saturated rings. The molecule has 0 spiro atoms. The second kappa shape index (κ2) is 13.7. The first-order valence-electron chi connectivity index (χ1n) is 15.9. The van der Waals surface area contributed by atoms with Crippen molar-refractivity contribution in [1.29, 1.82) is 0 Å². The number of fused-ring (bicyclic) bond motifs is 1. The molecule has 1 aliphatic carbocycles. The van der Waals surface area contributed by atoms with Gasteiger partial charge in [0.2, 0.25) is 17.7 Å². The molecule has 10 heteroatoms. The van der Waals surface area contributed by atoms with Gasteiger partial charge in [-0.15, -0.1) is 0 Å². The van der Waals surface area contributed by atoms with Crippen molar-refractivity contribution in [3.8, 4) is 0 Å². The van der Waals surface area contributed by atoms with E-state index in [4.69, 9.17) is 21.3 Å². The van der Waals surface area contributed by atoms with Crippen LogP contribution in [0.1, 0.15) is 88.7 Å². The largest absolute Gasteiger partial charge is 0.380 e. The third kappa shape index (κ3) is 6.35. The minimum absolute atomic E-state index is 0.0827. The van der Waals surface area contributed by atoms with E-state index in [1.54, 1.807) is 0 Å². The standard InChI is InChI=1S/C34H44ClN5O4/c1-5-27(41)39-30(28(20(3)4)23-12-7-8-13-24(23)35)31-37-25-15-14-22(18-26(25)38-31)34(16-17-44-19-34)33(43)40-29(21-10-9-11-21)32(42)36-6-2/h7-8,12-15,18,20-21,28-30H,5-6,9-11,16-17,19H2,1-4H3,(H,36,42)(H,37,38)(H,39,41)(H,40,43)/t28-,29+,30-,34?/m0/s1. The van der Waals surface area contributed by atoms with Crippen LogP contribution in [0.4, 0.5) is 0 Å². The van der Waals surface area contributed by atoms with Gasteiger partial charge in [0.25, 0.3) is 0 Å². The zero-order chi connectivity index (χ0) is 31.4. The molecule has 1 aliphatic heterocycles. The Kier molecular flexibility index (Phi) is 9.95. The Morgan fingerprint density at radius 3 is 2.50 bits per heavy atom. The highest BCUT2D eigenvalue weighted by molar-refractivity contribution is 6.31. The highest BCUT2D eigenvalue weighted by Crippen LogP contribution is 2.41. The molecule has 44 heavy (non-hydrogen) atoms. The van der Waals surface area contributed by atoms with E-state index in [2.05, 4.69) is 34.8 Å². The summed E-state index contributed by atoms with van der Waals surface area (Å²) in [4.78, 5) is 48.1. The van der Waals surface area contributed by atoms with E-state index in [0.29, 0.717) is 36.8 Å². The summed E-state index contributed by atoms with van der Waals surface area (Å²) < 4.78 is 5.81. The molecule has 0 bridgehead atoms. The van der Waals surface area contributed by atoms with Crippen molar-refractivity contribution < 1.29 is 19.1 Å². The van der Waals surface area contributed by atoms with E-state index < -0.39 is 17.5 Å². The lowest BCUT2D eigenvalue weighted by molar-refractivity contribution is -0.134. The van der Waals surface area contributed by atoms with Crippen LogP contribution >= 0.6 is 11.6 Å². The number of ether oxygens (including phenoxy) is 1. The van der Waals surface area contributed by atoms with Gasteiger partial charge in [0.1, 0.15) is 11.9 Å². The van der Waals surface area contributed by atoms with Gasteiger partial charge in [-0.2, -0.15) is 0 Å². The number of H-pyrrole nitrogens is 1. The van der Waals surface area contributed by atoms with Crippen molar-refractivity contribution in [2.45, 2.75) is 83.2 Å². The van der Waals surface area contributed by atoms with Crippen LogP contribution in [0, 0.1) is 11.8 Å². The fourth-order valence-corrected chi connectivity index (χ4v) is 6.85. The van der Waals surface area contributed by atoms with Gasteiger partial charge in [0, 0.05) is 30.5 Å². The smallest absolute Gasteiger partial charge is 0.242 e. The summed E-state index contributed by atoms with van der Waals surface area (Å²) in [6.07, 6.45) is 3.77. The Bertz CT molecular complexity index is 1490. The third-order valence-electron chi connectivity index (χ3n) is 9.32. The first-order valence-corrected chi connectivity index (χ1v) is 16.3. The van der Waals surface area contributed by atoms with Crippen LogP contribution in [0.2, 0.25) is 5.02 Å². The van der Waals surface area contributed by atoms with Crippen molar-refractivity contribution in [2.24, 2.45) is 11.8 Å². The van der Waals surface area contributed by atoms with Gasteiger partial charge in [-0.05, 0) is 67.3 Å². The van der Waals surface area contributed by atoms with E-state index in [9.17, 15) is 14.4 Å². The molecule has 1 saturated heterocycles. The number of aromatic amines is 1. The van der Waals surface area contributed by atoms with Gasteiger partial charge in [0.05, 0.1) is 29.1 Å². The highest BCUT2D eigenvalue weighted by Gasteiger charge is 2.46. The molecule has 3 amide bonds. The van der Waals surface area contributed by atoms with Crippen LogP contribution in [0.3, 0.4) is 0 Å². The quantitative estimate of drug-likeness (QED) is 0.218. The first kappa shape index (κ1) is 32.0. The SMILES string of the molecule is CCNC(=O)[C@H](NC(=O)C1(c2ccc3nc([C@@H](NC(=O)CC)[C@H](c4ccccc4Cl)C(C)C)[nH]c3c2)CCOC1)C1CCC1. The minimum Gasteiger partial charge on any atom is -0.380 e. The van der Waals surface area contributed by atoms with Crippen LogP contribution in [0.15, 0.2) is 42.5 Å². The van der Waals surface area contributed by atoms with E-state index >= 15 is 0 Å². The molecule has 1 saturated carbocycles. The summed E-state index contributed by atoms with van der Waals surface area (Å²) in [6.45, 7) is 9.13. The van der Waals surface area contributed by atoms with Gasteiger partial charge in [-0.3, -0.25) is 14.4 Å². The average Bonchev–Trinajstić information content (AvgIpc) is 3.64. The predicted octanol–water partition coefficient (Wildman–Crippen LogP) is 5.30. The second-order valence-corrected chi connectivity index (χ2v) is 12.9. The van der Waals surface area contributed by atoms with Crippen LogP contribution in [-0.4, -0.2) is 53.5 Å². The maximum absolute atomic E-state index is 14.0. The van der Waals surface area contributed by atoms with Crippen molar-refractivity contribution in [3.05, 3.63) is 64.4 Å². The Hall–Kier alpha value is -3.43. The average molecular weight is 622 g/mol. The molecule has 4 atom stereocenters. The molecule has 2 aromatic carbocycles. The highest BCUT2D eigenvalue weighted by atomic mass is 35.5. The lowest BCUT2D eigenvalue weighted by Crippen LogP contribution is -2.57. The van der Waals surface area contributed by atoms with Crippen LogP contribution in [-0.2, 0) is 24.5 Å². The van der Waals surface area contributed by atoms with Crippen LogP contribution in [0.5, 0.6) is 0 Å². The number of hydrogen-bond acceptors (Lipinski definition) is 5. The molecule has 0 radical (unpaired) electrons. The van der Waals surface area contributed by atoms with Crippen molar-refractivity contribution in [3.63, 3.8) is 0 Å². The number of rotatable bonds is 12. The maximum Gasteiger partial charge on any atom is 0.242 e. The number of imidazole rings is 1. The summed E-state index contributed by atoms with van der Waals surface area (Å²) in [5.74, 6) is 0.357. The molecule has 2 aliphatic rings. The molecule has 236 valence electrons. The van der Waals surface area contributed by atoms with E-state index in [-0.39, 0.29) is 42.1 Å². The number of carbonyl (C=O) groups is 3. The fraction of sp³-hybridized carbons (Fsp3) is 0.529. The lowest BCUT2D eigenvalue weighted by atomic mass is 9.76. The van der Waals surface area contributed by atoms with Gasteiger partial charge in [-0.1, -0.05) is 63.1 Å². The second-order valence-electron chi connectivity index (χ2n) is 12.5. The Morgan fingerprint density at radius 2 is 1.89 bits per heavy atom. The van der Waals surface area contributed by atoms with E-state index in [1.807, 2.05) is 56.3 Å². The number of halogens is 1. The predicted molar refractivity (Wildman–Crippen MR) is 171 cm³/mol. The number of benzene rings is 2. The minimum atomic E-state index is -0.929. The first-order chi connectivity index (χ1) is 21.2. The number of nitrogens with one attached hydrogen (secondary N) is 4. The monoisotopic (exact) mass is 621 g/mol. The molecule has 1 unspecified atom stereocenters. The van der Waals surface area contributed by atoms with Crippen LogP contribution < -0.4 is 16.0 Å². The van der Waals surface area contributed by atoms with Gasteiger partial charge in [0.15, 0.2) is 0 Å². The topological polar surface area (TPSA) is 125 Å². The maximum atomic E-state index is 14.0. The normalized spacial score (nSPS) is 20.6. The summed E-state index contributed by atoms with van der Waals surface area (Å²) in [5.41, 5.74) is 2.30. The summed E-state index contributed by atoms with van der Waals surface area (Å²) in [6, 6.07) is 12.5.